The average Bonchev–Trinajstić information content (AvgIpc) is 2.60. The van der Waals surface area contributed by atoms with Gasteiger partial charge in [-0.05, 0) is 38.2 Å². The number of non-ortho nitro benzene ring substituents is 1. The molecule has 124 valence electrons. The van der Waals surface area contributed by atoms with Crippen LogP contribution in [0.25, 0.3) is 10.9 Å². The Bertz CT molecular complexity index is 804. The molecular formula is C18H19N3O3. The summed E-state index contributed by atoms with van der Waals surface area (Å²) < 4.78 is 5.16. The number of nitro benzene ring substituents is 1. The van der Waals surface area contributed by atoms with Gasteiger partial charge in [0.25, 0.3) is 5.69 Å². The summed E-state index contributed by atoms with van der Waals surface area (Å²) in [6.45, 7) is 2.39. The van der Waals surface area contributed by atoms with Crippen molar-refractivity contribution in [3.05, 3.63) is 76.5 Å². The number of hydrogen-bond acceptors (Lipinski definition) is 5. The van der Waals surface area contributed by atoms with E-state index in [1.165, 1.54) is 17.5 Å². The summed E-state index contributed by atoms with van der Waals surface area (Å²) in [6, 6.07) is 18.2. The van der Waals surface area contributed by atoms with Gasteiger partial charge in [0.1, 0.15) is 12.5 Å². The second-order valence-electron chi connectivity index (χ2n) is 5.04. The van der Waals surface area contributed by atoms with Gasteiger partial charge in [-0.25, -0.2) is 0 Å². The minimum atomic E-state index is -0.443. The van der Waals surface area contributed by atoms with E-state index in [0.717, 1.165) is 11.2 Å². The van der Waals surface area contributed by atoms with Gasteiger partial charge in [0, 0.05) is 23.2 Å². The smallest absolute Gasteiger partial charge is 0.269 e. The van der Waals surface area contributed by atoms with Gasteiger partial charge in [-0.3, -0.25) is 20.4 Å². The van der Waals surface area contributed by atoms with E-state index in [-0.39, 0.29) is 5.69 Å². The standard InChI is InChI=1S/C10H9N.C8H10N2O3/c1-8-6-7-9-4-2-3-5-10(9)11-8;1-9-6-13-8-4-2-7(3-5-8)10(11)12/h2-7H,1H3;2-5,9H,6H2,1H3. The first kappa shape index (κ1) is 17.4. The van der Waals surface area contributed by atoms with Crippen molar-refractivity contribution in [3.8, 4) is 5.75 Å². The molecule has 6 nitrogen and oxygen atoms in total. The van der Waals surface area contributed by atoms with Gasteiger partial charge in [-0.15, -0.1) is 0 Å². The number of aromatic nitrogens is 1. The maximum atomic E-state index is 10.3. The number of nitro groups is 1. The first-order valence-electron chi connectivity index (χ1n) is 7.44. The van der Waals surface area contributed by atoms with Crippen LogP contribution in [0.1, 0.15) is 5.69 Å². The largest absolute Gasteiger partial charge is 0.478 e. The summed E-state index contributed by atoms with van der Waals surface area (Å²) in [5.74, 6) is 0.611. The second kappa shape index (κ2) is 8.59. The Kier molecular flexibility index (Phi) is 6.22. The van der Waals surface area contributed by atoms with Crippen LogP contribution >= 0.6 is 0 Å². The highest BCUT2D eigenvalue weighted by atomic mass is 16.6. The monoisotopic (exact) mass is 325 g/mol. The molecule has 24 heavy (non-hydrogen) atoms. The van der Waals surface area contributed by atoms with Crippen LogP contribution in [0, 0.1) is 17.0 Å². The number of hydrogen-bond donors (Lipinski definition) is 1. The topological polar surface area (TPSA) is 77.3 Å². The van der Waals surface area contributed by atoms with Crippen LogP contribution in [0.3, 0.4) is 0 Å². The number of aryl methyl sites for hydroxylation is 1. The van der Waals surface area contributed by atoms with Crippen molar-refractivity contribution in [3.63, 3.8) is 0 Å². The van der Waals surface area contributed by atoms with Crippen LogP contribution in [0.4, 0.5) is 5.69 Å². The van der Waals surface area contributed by atoms with Crippen LogP contribution in [0.15, 0.2) is 60.7 Å². The Hall–Kier alpha value is -2.99. The number of benzene rings is 2. The van der Waals surface area contributed by atoms with Crippen molar-refractivity contribution < 1.29 is 9.66 Å². The molecule has 0 spiro atoms. The van der Waals surface area contributed by atoms with Crippen LogP contribution in [0.2, 0.25) is 0 Å². The van der Waals surface area contributed by atoms with Gasteiger partial charge in [0.05, 0.1) is 10.4 Å². The average molecular weight is 325 g/mol. The van der Waals surface area contributed by atoms with E-state index in [0.29, 0.717) is 12.5 Å². The quantitative estimate of drug-likeness (QED) is 0.450. The lowest BCUT2D eigenvalue weighted by Gasteiger charge is -2.03. The molecule has 3 aromatic rings. The number of nitrogens with zero attached hydrogens (tertiary/aromatic N) is 2. The van der Waals surface area contributed by atoms with Crippen LogP contribution in [-0.4, -0.2) is 23.7 Å². The molecule has 1 N–H and O–H groups in total. The van der Waals surface area contributed by atoms with Crippen molar-refractivity contribution in [2.45, 2.75) is 6.92 Å². The van der Waals surface area contributed by atoms with Crippen molar-refractivity contribution in [2.24, 2.45) is 0 Å². The molecule has 0 aliphatic heterocycles. The van der Waals surface area contributed by atoms with E-state index in [9.17, 15) is 10.1 Å². The Morgan fingerprint density at radius 1 is 1.08 bits per heavy atom. The maximum Gasteiger partial charge on any atom is 0.269 e. The fourth-order valence-corrected chi connectivity index (χ4v) is 1.99. The van der Waals surface area contributed by atoms with E-state index in [4.69, 9.17) is 4.74 Å². The summed E-state index contributed by atoms with van der Waals surface area (Å²) in [4.78, 5) is 14.2. The SMILES string of the molecule is CNCOc1ccc([N+](=O)[O-])cc1.Cc1ccc2ccccc2n1. The highest BCUT2D eigenvalue weighted by Gasteiger charge is 2.03. The third-order valence-electron chi connectivity index (χ3n) is 3.17. The first-order valence-corrected chi connectivity index (χ1v) is 7.44. The first-order chi connectivity index (χ1) is 11.6. The Morgan fingerprint density at radius 3 is 2.46 bits per heavy atom. The lowest BCUT2D eigenvalue weighted by molar-refractivity contribution is -0.384. The predicted molar refractivity (Wildman–Crippen MR) is 94.1 cm³/mol. The second-order valence-corrected chi connectivity index (χ2v) is 5.04. The normalized spacial score (nSPS) is 9.92. The number of nitrogens with one attached hydrogen (secondary N) is 1. The fourth-order valence-electron chi connectivity index (χ4n) is 1.99. The summed E-state index contributed by atoms with van der Waals surface area (Å²) in [7, 11) is 1.76. The molecule has 0 unspecified atom stereocenters. The zero-order chi connectivity index (χ0) is 17.4. The molecule has 1 heterocycles. The van der Waals surface area contributed by atoms with Gasteiger partial charge in [-0.2, -0.15) is 0 Å². The minimum Gasteiger partial charge on any atom is -0.478 e. The molecule has 0 bridgehead atoms. The van der Waals surface area contributed by atoms with E-state index in [1.807, 2.05) is 31.2 Å². The molecule has 0 fully saturated rings. The summed E-state index contributed by atoms with van der Waals surface area (Å²) in [5, 5.41) is 14.3. The van der Waals surface area contributed by atoms with Crippen molar-refractivity contribution >= 4 is 16.6 Å². The third kappa shape index (κ3) is 5.03. The molecule has 2 aromatic carbocycles. The molecule has 0 atom stereocenters. The molecule has 1 aromatic heterocycles. The van der Waals surface area contributed by atoms with Crippen molar-refractivity contribution in [1.82, 2.24) is 10.3 Å². The van der Waals surface area contributed by atoms with Crippen molar-refractivity contribution in [2.75, 3.05) is 13.8 Å². The predicted octanol–water partition coefficient (Wildman–Crippen LogP) is 3.69. The fraction of sp³-hybridized carbons (Fsp3) is 0.167. The van der Waals surface area contributed by atoms with Crippen molar-refractivity contribution in [1.29, 1.82) is 0 Å². The van der Waals surface area contributed by atoms with Gasteiger partial charge in [0.15, 0.2) is 0 Å². The Morgan fingerprint density at radius 2 is 1.79 bits per heavy atom. The van der Waals surface area contributed by atoms with Gasteiger partial charge in [-0.1, -0.05) is 24.3 Å². The Balaban J connectivity index is 0.000000175. The lowest BCUT2D eigenvalue weighted by atomic mass is 10.2. The lowest BCUT2D eigenvalue weighted by Crippen LogP contribution is -2.13. The zero-order valence-corrected chi connectivity index (χ0v) is 13.6. The molecule has 0 aliphatic rings. The number of fused-ring (bicyclic) bond motifs is 1. The number of rotatable bonds is 4. The molecule has 3 rings (SSSR count). The molecule has 0 saturated heterocycles. The number of pyridine rings is 1. The number of ether oxygens (including phenoxy) is 1. The van der Waals surface area contributed by atoms with Gasteiger partial charge in [0.2, 0.25) is 0 Å². The summed E-state index contributed by atoms with van der Waals surface area (Å²) >= 11 is 0. The molecule has 0 radical (unpaired) electrons. The summed E-state index contributed by atoms with van der Waals surface area (Å²) in [6.07, 6.45) is 0. The van der Waals surface area contributed by atoms with Crippen LogP contribution in [0.5, 0.6) is 5.75 Å². The Labute approximate surface area is 140 Å². The van der Waals surface area contributed by atoms with Crippen LogP contribution < -0.4 is 10.1 Å². The molecule has 0 amide bonds. The van der Waals surface area contributed by atoms with E-state index in [2.05, 4.69) is 22.4 Å². The highest BCUT2D eigenvalue weighted by Crippen LogP contribution is 2.16. The van der Waals surface area contributed by atoms with Crippen LogP contribution in [-0.2, 0) is 0 Å². The highest BCUT2D eigenvalue weighted by molar-refractivity contribution is 5.78. The maximum absolute atomic E-state index is 10.3. The molecule has 6 heteroatoms. The summed E-state index contributed by atoms with van der Waals surface area (Å²) in [5.41, 5.74) is 2.22. The molecule has 0 saturated carbocycles. The zero-order valence-electron chi connectivity index (χ0n) is 13.6. The van der Waals surface area contributed by atoms with Gasteiger partial charge < -0.3 is 4.74 Å². The molecular weight excluding hydrogens is 306 g/mol. The van der Waals surface area contributed by atoms with E-state index in [1.54, 1.807) is 19.2 Å². The van der Waals surface area contributed by atoms with Gasteiger partial charge >= 0.3 is 0 Å². The minimum absolute atomic E-state index is 0.0665. The third-order valence-corrected chi connectivity index (χ3v) is 3.17. The number of para-hydroxylation sites is 1. The van der Waals surface area contributed by atoms with E-state index >= 15 is 0 Å². The van der Waals surface area contributed by atoms with E-state index < -0.39 is 4.92 Å². The molecule has 0 aliphatic carbocycles.